The molecule has 0 aliphatic carbocycles. The molecule has 1 amide bonds. The fourth-order valence-corrected chi connectivity index (χ4v) is 2.52. The molecule has 20 heavy (non-hydrogen) atoms. The van der Waals surface area contributed by atoms with Crippen molar-refractivity contribution in [2.75, 3.05) is 19.6 Å². The van der Waals surface area contributed by atoms with Gasteiger partial charge >= 0.3 is 6.09 Å². The first-order chi connectivity index (χ1) is 9.21. The van der Waals surface area contributed by atoms with Gasteiger partial charge in [0.05, 0.1) is 12.6 Å². The molecule has 1 rings (SSSR count). The molecular formula is C15H27N3O2. The van der Waals surface area contributed by atoms with Gasteiger partial charge in [-0.15, -0.1) is 0 Å². The Hall–Kier alpha value is -1.28. The molecule has 2 unspecified atom stereocenters. The lowest BCUT2D eigenvalue weighted by Gasteiger charge is -2.38. The van der Waals surface area contributed by atoms with Crippen molar-refractivity contribution in [3.63, 3.8) is 0 Å². The fourth-order valence-electron chi connectivity index (χ4n) is 2.52. The minimum atomic E-state index is -0.484. The lowest BCUT2D eigenvalue weighted by atomic mass is 9.85. The van der Waals surface area contributed by atoms with Gasteiger partial charge in [0, 0.05) is 19.1 Å². The molecule has 1 aliphatic rings. The van der Waals surface area contributed by atoms with Crippen molar-refractivity contribution in [3.05, 3.63) is 0 Å². The second-order valence-corrected chi connectivity index (χ2v) is 6.94. The molecule has 0 aromatic rings. The van der Waals surface area contributed by atoms with Crippen molar-refractivity contribution in [1.82, 2.24) is 10.2 Å². The van der Waals surface area contributed by atoms with E-state index in [1.54, 1.807) is 0 Å². The van der Waals surface area contributed by atoms with Crippen LogP contribution in [-0.4, -0.2) is 42.3 Å². The molecule has 1 fully saturated rings. The smallest absolute Gasteiger partial charge is 0.407 e. The molecule has 1 N–H and O–H groups in total. The molecule has 0 saturated carbocycles. The maximum atomic E-state index is 11.9. The zero-order valence-electron chi connectivity index (χ0n) is 13.3. The Balaban J connectivity index is 2.59. The Kier molecular flexibility index (Phi) is 5.82. The number of nitriles is 1. The Bertz CT molecular complexity index is 368. The molecular weight excluding hydrogens is 254 g/mol. The first-order valence-corrected chi connectivity index (χ1v) is 7.30. The van der Waals surface area contributed by atoms with Crippen LogP contribution < -0.4 is 5.32 Å². The Morgan fingerprint density at radius 3 is 2.60 bits per heavy atom. The number of hydrogen-bond acceptors (Lipinski definition) is 4. The summed E-state index contributed by atoms with van der Waals surface area (Å²) in [6.07, 6.45) is 0.572. The number of nitrogens with one attached hydrogen (secondary N) is 1. The number of piperidine rings is 1. The molecule has 2 atom stereocenters. The normalized spacial score (nSPS) is 24.2. The van der Waals surface area contributed by atoms with Gasteiger partial charge in [0.15, 0.2) is 0 Å². The Labute approximate surface area is 122 Å². The summed E-state index contributed by atoms with van der Waals surface area (Å²) in [4.78, 5) is 14.0. The number of carbonyl (C=O) groups is 1. The molecule has 0 aromatic heterocycles. The van der Waals surface area contributed by atoms with E-state index in [1.807, 2.05) is 20.8 Å². The molecule has 0 aromatic carbocycles. The van der Waals surface area contributed by atoms with Crippen molar-refractivity contribution >= 4 is 6.09 Å². The maximum Gasteiger partial charge on any atom is 0.407 e. The maximum absolute atomic E-state index is 11.9. The highest BCUT2D eigenvalue weighted by molar-refractivity contribution is 5.68. The van der Waals surface area contributed by atoms with E-state index in [0.29, 0.717) is 18.4 Å². The van der Waals surface area contributed by atoms with E-state index in [-0.39, 0.29) is 12.1 Å². The SMILES string of the molecule is CC(C)C1CC(NC(=O)OC(C)(C)C)CN(CC#N)C1. The third-order valence-corrected chi connectivity index (χ3v) is 3.52. The van der Waals surface area contributed by atoms with E-state index >= 15 is 0 Å². The van der Waals surface area contributed by atoms with Gasteiger partial charge in [0.2, 0.25) is 0 Å². The fraction of sp³-hybridized carbons (Fsp3) is 0.867. The third-order valence-electron chi connectivity index (χ3n) is 3.52. The average Bonchev–Trinajstić information content (AvgIpc) is 2.26. The van der Waals surface area contributed by atoms with Crippen LogP contribution in [0.4, 0.5) is 4.79 Å². The van der Waals surface area contributed by atoms with Crippen LogP contribution in [-0.2, 0) is 4.74 Å². The number of alkyl carbamates (subject to hydrolysis) is 1. The van der Waals surface area contributed by atoms with E-state index in [4.69, 9.17) is 10.00 Å². The topological polar surface area (TPSA) is 65.4 Å². The number of nitrogens with zero attached hydrogens (tertiary/aromatic N) is 2. The summed E-state index contributed by atoms with van der Waals surface area (Å²) in [6, 6.07) is 2.25. The lowest BCUT2D eigenvalue weighted by molar-refractivity contribution is 0.0439. The average molecular weight is 281 g/mol. The summed E-state index contributed by atoms with van der Waals surface area (Å²) < 4.78 is 5.30. The first kappa shape index (κ1) is 16.8. The number of ether oxygens (including phenoxy) is 1. The van der Waals surface area contributed by atoms with Crippen LogP contribution in [0.3, 0.4) is 0 Å². The molecule has 5 heteroatoms. The zero-order chi connectivity index (χ0) is 15.3. The molecule has 5 nitrogen and oxygen atoms in total. The minimum Gasteiger partial charge on any atom is -0.444 e. The number of likely N-dealkylation sites (tertiary alicyclic amines) is 1. The molecule has 1 heterocycles. The standard InChI is InChI=1S/C15H27N3O2/c1-11(2)12-8-13(10-18(9-12)7-6-16)17-14(19)20-15(3,4)5/h11-13H,7-10H2,1-5H3,(H,17,19). The largest absolute Gasteiger partial charge is 0.444 e. The van der Waals surface area contributed by atoms with E-state index < -0.39 is 5.60 Å². The zero-order valence-corrected chi connectivity index (χ0v) is 13.3. The van der Waals surface area contributed by atoms with E-state index in [1.165, 1.54) is 0 Å². The van der Waals surface area contributed by atoms with Gasteiger partial charge < -0.3 is 10.1 Å². The van der Waals surface area contributed by atoms with Crippen molar-refractivity contribution in [2.24, 2.45) is 11.8 Å². The Morgan fingerprint density at radius 2 is 2.10 bits per heavy atom. The second-order valence-electron chi connectivity index (χ2n) is 6.94. The molecule has 1 aliphatic heterocycles. The summed E-state index contributed by atoms with van der Waals surface area (Å²) in [5, 5.41) is 11.8. The quantitative estimate of drug-likeness (QED) is 0.807. The summed E-state index contributed by atoms with van der Waals surface area (Å²) >= 11 is 0. The molecule has 0 radical (unpaired) electrons. The van der Waals surface area contributed by atoms with E-state index in [0.717, 1.165) is 19.5 Å². The van der Waals surface area contributed by atoms with Gasteiger partial charge in [-0.2, -0.15) is 5.26 Å². The van der Waals surface area contributed by atoms with Crippen LogP contribution in [0.5, 0.6) is 0 Å². The van der Waals surface area contributed by atoms with E-state index in [9.17, 15) is 4.79 Å². The van der Waals surface area contributed by atoms with Crippen molar-refractivity contribution < 1.29 is 9.53 Å². The van der Waals surface area contributed by atoms with Crippen LogP contribution in [0.2, 0.25) is 0 Å². The monoisotopic (exact) mass is 281 g/mol. The van der Waals surface area contributed by atoms with Crippen LogP contribution in [0, 0.1) is 23.2 Å². The first-order valence-electron chi connectivity index (χ1n) is 7.30. The summed E-state index contributed by atoms with van der Waals surface area (Å²) in [7, 11) is 0. The predicted octanol–water partition coefficient (Wildman–Crippen LogP) is 2.38. The highest BCUT2D eigenvalue weighted by Gasteiger charge is 2.30. The molecule has 1 saturated heterocycles. The van der Waals surface area contributed by atoms with Crippen LogP contribution in [0.1, 0.15) is 41.0 Å². The van der Waals surface area contributed by atoms with Gasteiger partial charge in [-0.1, -0.05) is 13.8 Å². The van der Waals surface area contributed by atoms with Gasteiger partial charge in [0.25, 0.3) is 0 Å². The van der Waals surface area contributed by atoms with Crippen LogP contribution in [0.15, 0.2) is 0 Å². The molecule has 0 spiro atoms. The van der Waals surface area contributed by atoms with Gasteiger partial charge in [-0.3, -0.25) is 4.90 Å². The van der Waals surface area contributed by atoms with Crippen molar-refractivity contribution in [1.29, 1.82) is 5.26 Å². The molecule has 114 valence electrons. The number of amides is 1. The number of rotatable bonds is 3. The number of carbonyl (C=O) groups excluding carboxylic acids is 1. The predicted molar refractivity (Wildman–Crippen MR) is 78.2 cm³/mol. The summed E-state index contributed by atoms with van der Waals surface area (Å²) in [6.45, 7) is 12.0. The second kappa shape index (κ2) is 6.94. The van der Waals surface area contributed by atoms with Gasteiger partial charge in [0.1, 0.15) is 5.60 Å². The molecule has 0 bridgehead atoms. The van der Waals surface area contributed by atoms with E-state index in [2.05, 4.69) is 30.1 Å². The third kappa shape index (κ3) is 5.79. The van der Waals surface area contributed by atoms with Gasteiger partial charge in [-0.05, 0) is 39.0 Å². The van der Waals surface area contributed by atoms with Crippen molar-refractivity contribution in [3.8, 4) is 6.07 Å². The van der Waals surface area contributed by atoms with Crippen molar-refractivity contribution in [2.45, 2.75) is 52.7 Å². The summed E-state index contributed by atoms with van der Waals surface area (Å²) in [5.41, 5.74) is -0.484. The van der Waals surface area contributed by atoms with Crippen LogP contribution in [0.25, 0.3) is 0 Å². The lowest BCUT2D eigenvalue weighted by Crippen LogP contribution is -2.52. The Morgan fingerprint density at radius 1 is 1.45 bits per heavy atom. The highest BCUT2D eigenvalue weighted by atomic mass is 16.6. The highest BCUT2D eigenvalue weighted by Crippen LogP contribution is 2.24. The summed E-state index contributed by atoms with van der Waals surface area (Å²) in [5.74, 6) is 1.04. The minimum absolute atomic E-state index is 0.0550. The van der Waals surface area contributed by atoms with Gasteiger partial charge in [-0.25, -0.2) is 4.79 Å². The number of hydrogen-bond donors (Lipinski definition) is 1. The van der Waals surface area contributed by atoms with Crippen LogP contribution >= 0.6 is 0 Å².